The molecule has 0 spiro atoms. The summed E-state index contributed by atoms with van der Waals surface area (Å²) in [6, 6.07) is 5.92. The van der Waals surface area contributed by atoms with E-state index in [9.17, 15) is 0 Å². The highest BCUT2D eigenvalue weighted by Gasteiger charge is 2.19. The fraction of sp³-hybridized carbons (Fsp3) is 0.647. The van der Waals surface area contributed by atoms with Gasteiger partial charge in [-0.2, -0.15) is 0 Å². The first-order valence-corrected chi connectivity index (χ1v) is 7.64. The zero-order valence-corrected chi connectivity index (χ0v) is 13.3. The van der Waals surface area contributed by atoms with Gasteiger partial charge in [-0.3, -0.25) is 0 Å². The van der Waals surface area contributed by atoms with Crippen LogP contribution in [0.2, 0.25) is 0 Å². The van der Waals surface area contributed by atoms with Crippen LogP contribution in [0.25, 0.3) is 0 Å². The average molecular weight is 279 g/mol. The van der Waals surface area contributed by atoms with Crippen molar-refractivity contribution in [2.75, 3.05) is 14.2 Å². The van der Waals surface area contributed by atoms with Gasteiger partial charge in [0.15, 0.2) is 11.5 Å². The smallest absolute Gasteiger partial charge is 0.165 e. The first-order valence-electron chi connectivity index (χ1n) is 7.64. The largest absolute Gasteiger partial charge is 0.493 e. The number of unbranched alkanes of at least 4 members (excludes halogenated alkanes) is 1. The van der Waals surface area contributed by atoms with Crippen LogP contribution in [0.3, 0.4) is 0 Å². The molecule has 0 aliphatic rings. The molecular formula is C17H29NO2. The molecule has 3 nitrogen and oxygen atoms in total. The summed E-state index contributed by atoms with van der Waals surface area (Å²) in [5, 5.41) is 0. The fourth-order valence-corrected chi connectivity index (χ4v) is 2.67. The van der Waals surface area contributed by atoms with Gasteiger partial charge in [-0.1, -0.05) is 51.7 Å². The van der Waals surface area contributed by atoms with Crippen LogP contribution in [0.1, 0.15) is 57.6 Å². The Morgan fingerprint density at radius 3 is 2.45 bits per heavy atom. The van der Waals surface area contributed by atoms with E-state index in [2.05, 4.69) is 13.8 Å². The lowest BCUT2D eigenvalue weighted by atomic mass is 9.89. The van der Waals surface area contributed by atoms with E-state index in [0.717, 1.165) is 23.5 Å². The Bertz CT molecular complexity index is 393. The summed E-state index contributed by atoms with van der Waals surface area (Å²) in [6.07, 6.45) is 5.96. The molecule has 0 fully saturated rings. The molecule has 2 N–H and O–H groups in total. The first-order chi connectivity index (χ1) is 9.67. The van der Waals surface area contributed by atoms with Gasteiger partial charge in [-0.05, 0) is 18.4 Å². The van der Waals surface area contributed by atoms with Gasteiger partial charge in [0.05, 0.1) is 14.2 Å². The SMILES string of the molecule is CCCCC(CC)CC(N)c1cccc(OC)c1OC. The predicted octanol–water partition coefficient (Wildman–Crippen LogP) is 4.31. The average Bonchev–Trinajstić information content (AvgIpc) is 2.49. The quantitative estimate of drug-likeness (QED) is 0.732. The van der Waals surface area contributed by atoms with E-state index in [0.29, 0.717) is 5.92 Å². The molecule has 0 radical (unpaired) electrons. The standard InChI is InChI=1S/C17H29NO2/c1-5-7-9-13(6-2)12-15(18)14-10-8-11-16(19-3)17(14)20-4/h8,10-11,13,15H,5-7,9,12,18H2,1-4H3. The molecule has 0 saturated carbocycles. The topological polar surface area (TPSA) is 44.5 Å². The van der Waals surface area contributed by atoms with Crippen molar-refractivity contribution < 1.29 is 9.47 Å². The van der Waals surface area contributed by atoms with Crippen molar-refractivity contribution >= 4 is 0 Å². The zero-order valence-electron chi connectivity index (χ0n) is 13.3. The number of hydrogen-bond acceptors (Lipinski definition) is 3. The summed E-state index contributed by atoms with van der Waals surface area (Å²) in [6.45, 7) is 4.48. The lowest BCUT2D eigenvalue weighted by Gasteiger charge is -2.22. The van der Waals surface area contributed by atoms with Crippen LogP contribution in [0, 0.1) is 5.92 Å². The Morgan fingerprint density at radius 1 is 1.15 bits per heavy atom. The van der Waals surface area contributed by atoms with Crippen LogP contribution < -0.4 is 15.2 Å². The molecule has 0 aromatic heterocycles. The van der Waals surface area contributed by atoms with Crippen molar-refractivity contribution in [3.8, 4) is 11.5 Å². The molecule has 1 aromatic rings. The third-order valence-corrected chi connectivity index (χ3v) is 3.96. The Kier molecular flexibility index (Phi) is 7.45. The zero-order chi connectivity index (χ0) is 15.0. The van der Waals surface area contributed by atoms with Crippen molar-refractivity contribution in [2.45, 2.75) is 52.0 Å². The van der Waals surface area contributed by atoms with Crippen molar-refractivity contribution in [3.05, 3.63) is 23.8 Å². The van der Waals surface area contributed by atoms with E-state index in [4.69, 9.17) is 15.2 Å². The number of para-hydroxylation sites is 1. The van der Waals surface area contributed by atoms with Gasteiger partial charge in [0, 0.05) is 11.6 Å². The fourth-order valence-electron chi connectivity index (χ4n) is 2.67. The highest BCUT2D eigenvalue weighted by atomic mass is 16.5. The molecule has 0 heterocycles. The third-order valence-electron chi connectivity index (χ3n) is 3.96. The van der Waals surface area contributed by atoms with E-state index in [1.807, 2.05) is 18.2 Å². The van der Waals surface area contributed by atoms with Crippen LogP contribution in [0.5, 0.6) is 11.5 Å². The molecule has 0 amide bonds. The second kappa shape index (κ2) is 8.85. The van der Waals surface area contributed by atoms with Crippen molar-refractivity contribution in [1.29, 1.82) is 0 Å². The predicted molar refractivity (Wildman–Crippen MR) is 84.4 cm³/mol. The molecule has 114 valence electrons. The molecule has 0 saturated heterocycles. The van der Waals surface area contributed by atoms with Crippen LogP contribution in [0.15, 0.2) is 18.2 Å². The van der Waals surface area contributed by atoms with E-state index >= 15 is 0 Å². The minimum absolute atomic E-state index is 0.00172. The van der Waals surface area contributed by atoms with Gasteiger partial charge in [-0.25, -0.2) is 0 Å². The Labute approximate surface area is 123 Å². The Balaban J connectivity index is 2.82. The molecule has 2 unspecified atom stereocenters. The highest BCUT2D eigenvalue weighted by Crippen LogP contribution is 2.36. The summed E-state index contributed by atoms with van der Waals surface area (Å²) >= 11 is 0. The summed E-state index contributed by atoms with van der Waals surface area (Å²) in [5.41, 5.74) is 7.45. The van der Waals surface area contributed by atoms with E-state index < -0.39 is 0 Å². The van der Waals surface area contributed by atoms with E-state index in [1.54, 1.807) is 14.2 Å². The second-order valence-electron chi connectivity index (χ2n) is 5.34. The molecule has 3 heteroatoms. The number of ether oxygens (including phenoxy) is 2. The number of hydrogen-bond donors (Lipinski definition) is 1. The molecule has 2 atom stereocenters. The Morgan fingerprint density at radius 2 is 1.90 bits per heavy atom. The van der Waals surface area contributed by atoms with E-state index in [1.165, 1.54) is 25.7 Å². The van der Waals surface area contributed by atoms with Gasteiger partial charge >= 0.3 is 0 Å². The van der Waals surface area contributed by atoms with Crippen molar-refractivity contribution in [2.24, 2.45) is 11.7 Å². The van der Waals surface area contributed by atoms with Crippen LogP contribution in [0.4, 0.5) is 0 Å². The van der Waals surface area contributed by atoms with Gasteiger partial charge in [-0.15, -0.1) is 0 Å². The third kappa shape index (κ3) is 4.41. The van der Waals surface area contributed by atoms with Gasteiger partial charge < -0.3 is 15.2 Å². The molecule has 1 rings (SSSR count). The van der Waals surface area contributed by atoms with Crippen molar-refractivity contribution in [3.63, 3.8) is 0 Å². The number of nitrogens with two attached hydrogens (primary N) is 1. The van der Waals surface area contributed by atoms with Crippen LogP contribution in [-0.2, 0) is 0 Å². The molecule has 20 heavy (non-hydrogen) atoms. The molecule has 0 aliphatic heterocycles. The van der Waals surface area contributed by atoms with Crippen LogP contribution >= 0.6 is 0 Å². The molecular weight excluding hydrogens is 250 g/mol. The van der Waals surface area contributed by atoms with Crippen LogP contribution in [-0.4, -0.2) is 14.2 Å². The van der Waals surface area contributed by atoms with E-state index in [-0.39, 0.29) is 6.04 Å². The summed E-state index contributed by atoms with van der Waals surface area (Å²) < 4.78 is 10.8. The summed E-state index contributed by atoms with van der Waals surface area (Å²) in [7, 11) is 3.33. The maximum atomic E-state index is 6.41. The molecule has 0 bridgehead atoms. The maximum Gasteiger partial charge on any atom is 0.165 e. The minimum atomic E-state index is 0.00172. The lowest BCUT2D eigenvalue weighted by molar-refractivity contribution is 0.341. The monoisotopic (exact) mass is 279 g/mol. The number of methoxy groups -OCH3 is 2. The molecule has 0 aliphatic carbocycles. The summed E-state index contributed by atoms with van der Waals surface area (Å²) in [5.74, 6) is 2.20. The van der Waals surface area contributed by atoms with Gasteiger partial charge in [0.25, 0.3) is 0 Å². The number of rotatable bonds is 9. The Hall–Kier alpha value is -1.22. The normalized spacial score (nSPS) is 13.8. The molecule has 1 aromatic carbocycles. The minimum Gasteiger partial charge on any atom is -0.493 e. The first kappa shape index (κ1) is 16.8. The van der Waals surface area contributed by atoms with Crippen molar-refractivity contribution in [1.82, 2.24) is 0 Å². The number of benzene rings is 1. The van der Waals surface area contributed by atoms with Gasteiger partial charge in [0.1, 0.15) is 0 Å². The summed E-state index contributed by atoms with van der Waals surface area (Å²) in [4.78, 5) is 0. The van der Waals surface area contributed by atoms with Gasteiger partial charge in [0.2, 0.25) is 0 Å². The second-order valence-corrected chi connectivity index (χ2v) is 5.34. The lowest BCUT2D eigenvalue weighted by Crippen LogP contribution is -2.16. The maximum absolute atomic E-state index is 6.41. The highest BCUT2D eigenvalue weighted by molar-refractivity contribution is 5.47.